The Morgan fingerprint density at radius 3 is 2.64 bits per heavy atom. The summed E-state index contributed by atoms with van der Waals surface area (Å²) in [5, 5.41) is 6.23. The third-order valence-electron chi connectivity index (χ3n) is 2.42. The van der Waals surface area contributed by atoms with Crippen molar-refractivity contribution in [3.8, 4) is 0 Å². The van der Waals surface area contributed by atoms with Gasteiger partial charge < -0.3 is 10.6 Å². The highest BCUT2D eigenvalue weighted by Crippen LogP contribution is 2.11. The third kappa shape index (κ3) is 4.09. The van der Waals surface area contributed by atoms with Gasteiger partial charge >= 0.3 is 0 Å². The van der Waals surface area contributed by atoms with Gasteiger partial charge in [-0.25, -0.2) is 0 Å². The van der Waals surface area contributed by atoms with Crippen molar-refractivity contribution in [1.82, 2.24) is 10.6 Å². The van der Waals surface area contributed by atoms with Gasteiger partial charge in [0.2, 0.25) is 5.91 Å². The van der Waals surface area contributed by atoms with Crippen LogP contribution in [0.25, 0.3) is 0 Å². The minimum atomic E-state index is 0.0473. The molecule has 0 spiro atoms. The first-order valence-corrected chi connectivity index (χ1v) is 5.50. The first-order chi connectivity index (χ1) is 6.49. The van der Waals surface area contributed by atoms with Crippen molar-refractivity contribution in [3.63, 3.8) is 0 Å². The highest BCUT2D eigenvalue weighted by atomic mass is 16.2. The molecular formula is C11H22N2O. The first-order valence-electron chi connectivity index (χ1n) is 5.50. The molecule has 0 aromatic carbocycles. The van der Waals surface area contributed by atoms with E-state index in [4.69, 9.17) is 0 Å². The van der Waals surface area contributed by atoms with Crippen LogP contribution < -0.4 is 10.6 Å². The van der Waals surface area contributed by atoms with E-state index in [1.165, 1.54) is 12.8 Å². The average Bonchev–Trinajstić information content (AvgIpc) is 2.14. The number of hydrogen-bond acceptors (Lipinski definition) is 2. The molecule has 1 heterocycles. The largest absolute Gasteiger partial charge is 0.354 e. The molecule has 1 fully saturated rings. The van der Waals surface area contributed by atoms with E-state index in [0.717, 1.165) is 19.5 Å². The zero-order chi connectivity index (χ0) is 10.6. The van der Waals surface area contributed by atoms with Crippen molar-refractivity contribution in [2.24, 2.45) is 5.41 Å². The molecule has 0 aromatic rings. The van der Waals surface area contributed by atoms with E-state index in [2.05, 4.69) is 31.4 Å². The normalized spacial score (nSPS) is 23.2. The SMILES string of the molecule is CC(C)(C)CNC(=O)[C@H]1CCCCN1. The summed E-state index contributed by atoms with van der Waals surface area (Å²) in [5.41, 5.74) is 0.171. The predicted molar refractivity (Wildman–Crippen MR) is 58.1 cm³/mol. The van der Waals surface area contributed by atoms with E-state index in [-0.39, 0.29) is 17.4 Å². The van der Waals surface area contributed by atoms with Crippen molar-refractivity contribution in [1.29, 1.82) is 0 Å². The molecule has 0 saturated carbocycles. The maximum atomic E-state index is 11.7. The van der Waals surface area contributed by atoms with Crippen LogP contribution in [-0.4, -0.2) is 25.0 Å². The number of rotatable bonds is 2. The number of carbonyl (C=O) groups excluding carboxylic acids is 1. The molecule has 0 radical (unpaired) electrons. The number of piperidine rings is 1. The fourth-order valence-corrected chi connectivity index (χ4v) is 1.55. The van der Waals surface area contributed by atoms with E-state index >= 15 is 0 Å². The van der Waals surface area contributed by atoms with Crippen molar-refractivity contribution >= 4 is 5.91 Å². The van der Waals surface area contributed by atoms with Crippen molar-refractivity contribution in [3.05, 3.63) is 0 Å². The monoisotopic (exact) mass is 198 g/mol. The highest BCUT2D eigenvalue weighted by molar-refractivity contribution is 5.81. The lowest BCUT2D eigenvalue weighted by atomic mass is 9.96. The van der Waals surface area contributed by atoms with Gasteiger partial charge in [0.25, 0.3) is 0 Å². The molecule has 0 bridgehead atoms. The van der Waals surface area contributed by atoms with Gasteiger partial charge in [0.1, 0.15) is 0 Å². The van der Waals surface area contributed by atoms with Gasteiger partial charge in [0.15, 0.2) is 0 Å². The van der Waals surface area contributed by atoms with Crippen molar-refractivity contribution in [2.75, 3.05) is 13.1 Å². The predicted octanol–water partition coefficient (Wildman–Crippen LogP) is 1.29. The average molecular weight is 198 g/mol. The van der Waals surface area contributed by atoms with Crippen molar-refractivity contribution < 1.29 is 4.79 Å². The maximum absolute atomic E-state index is 11.7. The number of carbonyl (C=O) groups is 1. The van der Waals surface area contributed by atoms with Gasteiger partial charge in [-0.3, -0.25) is 4.79 Å². The van der Waals surface area contributed by atoms with E-state index in [0.29, 0.717) is 0 Å². The Kier molecular flexibility index (Phi) is 3.93. The summed E-state index contributed by atoms with van der Waals surface area (Å²) in [7, 11) is 0. The Morgan fingerprint density at radius 2 is 2.14 bits per heavy atom. The molecule has 1 rings (SSSR count). The molecule has 1 atom stereocenters. The van der Waals surface area contributed by atoms with E-state index in [9.17, 15) is 4.79 Å². The molecule has 2 N–H and O–H groups in total. The second-order valence-corrected chi connectivity index (χ2v) is 5.28. The molecule has 82 valence electrons. The fourth-order valence-electron chi connectivity index (χ4n) is 1.55. The summed E-state index contributed by atoms with van der Waals surface area (Å²) in [6, 6.07) is 0.0473. The lowest BCUT2D eigenvalue weighted by Gasteiger charge is -2.25. The Labute approximate surface area is 86.6 Å². The molecule has 3 nitrogen and oxygen atoms in total. The van der Waals surface area contributed by atoms with Crippen LogP contribution in [0.15, 0.2) is 0 Å². The molecule has 3 heteroatoms. The van der Waals surface area contributed by atoms with Gasteiger partial charge in [-0.15, -0.1) is 0 Å². The van der Waals surface area contributed by atoms with Gasteiger partial charge in [0, 0.05) is 6.54 Å². The smallest absolute Gasteiger partial charge is 0.237 e. The van der Waals surface area contributed by atoms with Crippen molar-refractivity contribution in [2.45, 2.75) is 46.1 Å². The minimum absolute atomic E-state index is 0.0473. The second-order valence-electron chi connectivity index (χ2n) is 5.28. The molecule has 1 saturated heterocycles. The number of nitrogens with one attached hydrogen (secondary N) is 2. The summed E-state index contributed by atoms with van der Waals surface area (Å²) in [5.74, 6) is 0.166. The lowest BCUT2D eigenvalue weighted by Crippen LogP contribution is -2.48. The van der Waals surface area contributed by atoms with Crippen LogP contribution >= 0.6 is 0 Å². The lowest BCUT2D eigenvalue weighted by molar-refractivity contribution is -0.124. The van der Waals surface area contributed by atoms with Gasteiger partial charge in [-0.05, 0) is 24.8 Å². The summed E-state index contributed by atoms with van der Waals surface area (Å²) >= 11 is 0. The topological polar surface area (TPSA) is 41.1 Å². The molecule has 0 unspecified atom stereocenters. The zero-order valence-corrected chi connectivity index (χ0v) is 9.52. The molecule has 1 aliphatic heterocycles. The zero-order valence-electron chi connectivity index (χ0n) is 9.52. The standard InChI is InChI=1S/C11H22N2O/c1-11(2,3)8-13-10(14)9-6-4-5-7-12-9/h9,12H,4-8H2,1-3H3,(H,13,14)/t9-/m1/s1. The van der Waals surface area contributed by atoms with Crippen LogP contribution in [0.4, 0.5) is 0 Å². The second kappa shape index (κ2) is 4.78. The Balaban J connectivity index is 2.27. The summed E-state index contributed by atoms with van der Waals surface area (Å²) < 4.78 is 0. The van der Waals surface area contributed by atoms with Gasteiger partial charge in [-0.1, -0.05) is 27.2 Å². The fraction of sp³-hybridized carbons (Fsp3) is 0.909. The maximum Gasteiger partial charge on any atom is 0.237 e. The van der Waals surface area contributed by atoms with Gasteiger partial charge in [0.05, 0.1) is 6.04 Å². The van der Waals surface area contributed by atoms with Crippen LogP contribution in [0.3, 0.4) is 0 Å². The Morgan fingerprint density at radius 1 is 1.43 bits per heavy atom. The molecule has 1 amide bonds. The molecule has 14 heavy (non-hydrogen) atoms. The van der Waals surface area contributed by atoms with E-state index in [1.807, 2.05) is 0 Å². The van der Waals surface area contributed by atoms with Gasteiger partial charge in [-0.2, -0.15) is 0 Å². The van der Waals surface area contributed by atoms with Crippen LogP contribution in [-0.2, 0) is 4.79 Å². The van der Waals surface area contributed by atoms with E-state index < -0.39 is 0 Å². The minimum Gasteiger partial charge on any atom is -0.354 e. The van der Waals surface area contributed by atoms with E-state index in [1.54, 1.807) is 0 Å². The first kappa shape index (κ1) is 11.5. The molecule has 0 aliphatic carbocycles. The molecular weight excluding hydrogens is 176 g/mol. The van der Waals surface area contributed by atoms with Crippen LogP contribution in [0, 0.1) is 5.41 Å². The summed E-state index contributed by atoms with van der Waals surface area (Å²) in [4.78, 5) is 11.7. The van der Waals surface area contributed by atoms with Crippen LogP contribution in [0.5, 0.6) is 0 Å². The third-order valence-corrected chi connectivity index (χ3v) is 2.42. The Hall–Kier alpha value is -0.570. The molecule has 0 aromatic heterocycles. The number of hydrogen-bond donors (Lipinski definition) is 2. The molecule has 1 aliphatic rings. The summed E-state index contributed by atoms with van der Waals surface area (Å²) in [6.45, 7) is 8.11. The highest BCUT2D eigenvalue weighted by Gasteiger charge is 2.21. The summed E-state index contributed by atoms with van der Waals surface area (Å²) in [6.07, 6.45) is 3.35. The number of amides is 1. The Bertz CT molecular complexity index is 190. The quantitative estimate of drug-likeness (QED) is 0.702. The van der Waals surface area contributed by atoms with Crippen LogP contribution in [0.1, 0.15) is 40.0 Å². The van der Waals surface area contributed by atoms with Crippen LogP contribution in [0.2, 0.25) is 0 Å².